The number of carbonyl (C=O) groups is 3. The molecular formula is C28H34ClN5O6. The summed E-state index contributed by atoms with van der Waals surface area (Å²) in [5.74, 6) is -0.0524. The number of hydrogen-bond donors (Lipinski definition) is 2. The number of Topliss-reactive ketones (excluding diaryl/α,β-unsaturated/α-hetero) is 1. The Kier molecular flexibility index (Phi) is 10.5. The number of pyridine rings is 2. The van der Waals surface area contributed by atoms with E-state index in [0.717, 1.165) is 0 Å². The zero-order valence-corrected chi connectivity index (χ0v) is 23.9. The number of aromatic nitrogens is 3. The van der Waals surface area contributed by atoms with Gasteiger partial charge in [-0.25, -0.2) is 4.79 Å². The zero-order valence-electron chi connectivity index (χ0n) is 23.2. The lowest BCUT2D eigenvalue weighted by Crippen LogP contribution is -2.42. The Morgan fingerprint density at radius 2 is 2.02 bits per heavy atom. The van der Waals surface area contributed by atoms with Crippen molar-refractivity contribution < 1.29 is 23.9 Å². The Hall–Kier alpha value is -4.12. The molecule has 3 rings (SSSR count). The van der Waals surface area contributed by atoms with Crippen molar-refractivity contribution in [1.82, 2.24) is 24.8 Å². The molecule has 0 radical (unpaired) electrons. The van der Waals surface area contributed by atoms with E-state index in [0.29, 0.717) is 33.9 Å². The highest BCUT2D eigenvalue weighted by molar-refractivity contribution is 6.32. The molecular weight excluding hydrogens is 538 g/mol. The second-order valence-corrected chi connectivity index (χ2v) is 10.1. The minimum atomic E-state index is -0.900. The monoisotopic (exact) mass is 571 g/mol. The van der Waals surface area contributed by atoms with Gasteiger partial charge in [0, 0.05) is 38.0 Å². The van der Waals surface area contributed by atoms with Crippen LogP contribution in [-0.2, 0) is 27.3 Å². The first-order valence-electron chi connectivity index (χ1n) is 12.8. The second kappa shape index (κ2) is 13.8. The minimum Gasteiger partial charge on any atom is -0.487 e. The number of fused-ring (bicyclic) bond motifs is 1. The molecule has 0 unspecified atom stereocenters. The number of carbonyl (C=O) groups excluding carboxylic acids is 3. The van der Waals surface area contributed by atoms with Crippen LogP contribution in [0.2, 0.25) is 5.02 Å². The lowest BCUT2D eigenvalue weighted by Gasteiger charge is -2.16. The largest absolute Gasteiger partial charge is 0.487 e. The molecule has 1 atom stereocenters. The number of ether oxygens (including phenoxy) is 2. The van der Waals surface area contributed by atoms with E-state index in [1.165, 1.54) is 28.8 Å². The number of hydrogen-bond acceptors (Lipinski definition) is 7. The number of allylic oxidation sites excluding steroid dienone is 1. The van der Waals surface area contributed by atoms with Crippen molar-refractivity contribution in [3.05, 3.63) is 69.4 Å². The van der Waals surface area contributed by atoms with Gasteiger partial charge in [-0.1, -0.05) is 23.7 Å². The van der Waals surface area contributed by atoms with Gasteiger partial charge >= 0.3 is 6.09 Å². The molecule has 0 aliphatic rings. The second-order valence-electron chi connectivity index (χ2n) is 9.67. The van der Waals surface area contributed by atoms with Gasteiger partial charge in [-0.2, -0.15) is 0 Å². The number of rotatable bonds is 12. The third-order valence-electron chi connectivity index (χ3n) is 5.96. The molecule has 2 amide bonds. The van der Waals surface area contributed by atoms with Crippen molar-refractivity contribution in [2.45, 2.75) is 51.8 Å². The third kappa shape index (κ3) is 7.95. The molecule has 0 fully saturated rings. The van der Waals surface area contributed by atoms with Crippen LogP contribution in [0, 0.1) is 0 Å². The summed E-state index contributed by atoms with van der Waals surface area (Å²) in [6.07, 6.45) is 5.74. The maximum atomic E-state index is 13.3. The van der Waals surface area contributed by atoms with E-state index < -0.39 is 12.1 Å². The van der Waals surface area contributed by atoms with Crippen molar-refractivity contribution in [3.8, 4) is 5.75 Å². The first-order chi connectivity index (χ1) is 19.0. The first kappa shape index (κ1) is 30.4. The summed E-state index contributed by atoms with van der Waals surface area (Å²) >= 11 is 6.29. The number of ketones is 1. The lowest BCUT2D eigenvalue weighted by molar-refractivity contribution is -0.123. The molecule has 3 aromatic rings. The Morgan fingerprint density at radius 1 is 1.27 bits per heavy atom. The van der Waals surface area contributed by atoms with Crippen LogP contribution < -0.4 is 15.6 Å². The van der Waals surface area contributed by atoms with Crippen LogP contribution in [-0.4, -0.2) is 70.6 Å². The van der Waals surface area contributed by atoms with E-state index in [1.807, 2.05) is 19.9 Å². The van der Waals surface area contributed by atoms with Gasteiger partial charge in [0.05, 0.1) is 37.5 Å². The van der Waals surface area contributed by atoms with Crippen molar-refractivity contribution in [2.24, 2.45) is 0 Å². The summed E-state index contributed by atoms with van der Waals surface area (Å²) in [5, 5.41) is 2.90. The maximum Gasteiger partial charge on any atom is 0.407 e. The molecule has 0 aliphatic heterocycles. The standard InChI is InChI=1S/C28H34ClN5O6/c1-17(2)40-26-20(29)15-30-22-14-19(31-25(22)26)16-34-12-8-9-18(27(34)37)13-23(35)21(32-28(38)39-5)10-6-7-11-24(36)33(3)4/h7-9,11-12,14-15,17,21,31H,6,10,13,16H2,1-5H3,(H,32,38)/b11-7+/t21-/m0/s1. The Labute approximate surface area is 237 Å². The van der Waals surface area contributed by atoms with E-state index in [1.54, 1.807) is 38.5 Å². The van der Waals surface area contributed by atoms with Crippen molar-refractivity contribution in [3.63, 3.8) is 0 Å². The summed E-state index contributed by atoms with van der Waals surface area (Å²) in [7, 11) is 4.47. The molecule has 0 aromatic carbocycles. The smallest absolute Gasteiger partial charge is 0.407 e. The molecule has 214 valence electrons. The van der Waals surface area contributed by atoms with Gasteiger partial charge < -0.3 is 29.2 Å². The molecule has 40 heavy (non-hydrogen) atoms. The van der Waals surface area contributed by atoms with Crippen LogP contribution in [0.15, 0.2) is 47.5 Å². The molecule has 0 saturated carbocycles. The fourth-order valence-electron chi connectivity index (χ4n) is 3.96. The van der Waals surface area contributed by atoms with Crippen molar-refractivity contribution >= 4 is 40.4 Å². The quantitative estimate of drug-likeness (QED) is 0.318. The molecule has 0 bridgehead atoms. The Bertz CT molecular complexity index is 1460. The minimum absolute atomic E-state index is 0.0965. The Balaban J connectivity index is 1.78. The highest BCUT2D eigenvalue weighted by atomic mass is 35.5. The highest BCUT2D eigenvalue weighted by Crippen LogP contribution is 2.32. The van der Waals surface area contributed by atoms with Gasteiger partial charge in [0.15, 0.2) is 11.5 Å². The number of likely N-dealkylation sites (N-methyl/N-ethyl adjacent to an activating group) is 1. The molecule has 11 nitrogen and oxygen atoms in total. The first-order valence-corrected chi connectivity index (χ1v) is 13.1. The van der Waals surface area contributed by atoms with Crippen LogP contribution in [0.5, 0.6) is 5.75 Å². The predicted octanol–water partition coefficient (Wildman–Crippen LogP) is 3.47. The number of amides is 2. The number of methoxy groups -OCH3 is 1. The third-order valence-corrected chi connectivity index (χ3v) is 6.23. The SMILES string of the molecule is COC(=O)N[C@@H](CC/C=C/C(=O)N(C)C)C(=O)Cc1cccn(Cc2cc3ncc(Cl)c(OC(C)C)c3[nH]2)c1=O. The van der Waals surface area contributed by atoms with E-state index in [2.05, 4.69) is 20.0 Å². The van der Waals surface area contributed by atoms with E-state index >= 15 is 0 Å². The number of alkyl carbamates (subject to hydrolysis) is 1. The van der Waals surface area contributed by atoms with Crippen molar-refractivity contribution in [1.29, 1.82) is 0 Å². The van der Waals surface area contributed by atoms with Gasteiger partial charge in [-0.15, -0.1) is 0 Å². The van der Waals surface area contributed by atoms with E-state index in [-0.39, 0.29) is 48.3 Å². The van der Waals surface area contributed by atoms with Gasteiger partial charge in [0.25, 0.3) is 5.56 Å². The van der Waals surface area contributed by atoms with Gasteiger partial charge in [-0.3, -0.25) is 19.4 Å². The van der Waals surface area contributed by atoms with Crippen LogP contribution in [0.25, 0.3) is 11.0 Å². The summed E-state index contributed by atoms with van der Waals surface area (Å²) in [5.41, 5.74) is 1.92. The topological polar surface area (TPSA) is 136 Å². The fourth-order valence-corrected chi connectivity index (χ4v) is 4.15. The normalized spacial score (nSPS) is 12.1. The summed E-state index contributed by atoms with van der Waals surface area (Å²) in [6, 6.07) is 4.19. The fraction of sp³-hybridized carbons (Fsp3) is 0.393. The molecule has 0 aliphatic carbocycles. The predicted molar refractivity (Wildman–Crippen MR) is 152 cm³/mol. The van der Waals surface area contributed by atoms with Crippen LogP contribution in [0.4, 0.5) is 4.79 Å². The zero-order chi connectivity index (χ0) is 29.4. The average Bonchev–Trinajstić information content (AvgIpc) is 3.32. The Morgan fingerprint density at radius 3 is 2.70 bits per heavy atom. The molecule has 0 saturated heterocycles. The van der Waals surface area contributed by atoms with Crippen LogP contribution in [0.3, 0.4) is 0 Å². The number of halogens is 1. The number of nitrogens with zero attached hydrogens (tertiary/aromatic N) is 3. The number of H-pyrrole nitrogens is 1. The maximum absolute atomic E-state index is 13.3. The number of aromatic amines is 1. The summed E-state index contributed by atoms with van der Waals surface area (Å²) in [6.45, 7) is 3.99. The highest BCUT2D eigenvalue weighted by Gasteiger charge is 2.22. The van der Waals surface area contributed by atoms with Gasteiger partial charge in [0.1, 0.15) is 10.5 Å². The molecule has 3 heterocycles. The molecule has 12 heteroatoms. The molecule has 2 N–H and O–H groups in total. The van der Waals surface area contributed by atoms with Crippen molar-refractivity contribution in [2.75, 3.05) is 21.2 Å². The molecule has 3 aromatic heterocycles. The number of nitrogens with one attached hydrogen (secondary N) is 2. The molecule has 0 spiro atoms. The van der Waals surface area contributed by atoms with Crippen LogP contribution in [0.1, 0.15) is 37.9 Å². The lowest BCUT2D eigenvalue weighted by atomic mass is 10.0. The van der Waals surface area contributed by atoms with E-state index in [9.17, 15) is 19.2 Å². The van der Waals surface area contributed by atoms with Gasteiger partial charge in [-0.05, 0) is 44.9 Å². The summed E-state index contributed by atoms with van der Waals surface area (Å²) in [4.78, 5) is 59.0. The summed E-state index contributed by atoms with van der Waals surface area (Å²) < 4.78 is 12.0. The average molecular weight is 572 g/mol. The van der Waals surface area contributed by atoms with E-state index in [4.69, 9.17) is 16.3 Å². The van der Waals surface area contributed by atoms with Crippen LogP contribution >= 0.6 is 11.6 Å². The van der Waals surface area contributed by atoms with Gasteiger partial charge in [0.2, 0.25) is 5.91 Å².